The maximum Gasteiger partial charge on any atom is 0.159 e. The number of hydrogen-bond acceptors (Lipinski definition) is 3. The summed E-state index contributed by atoms with van der Waals surface area (Å²) < 4.78 is 6.98. The van der Waals surface area contributed by atoms with E-state index in [1.165, 1.54) is 33.4 Å². The summed E-state index contributed by atoms with van der Waals surface area (Å²) in [4.78, 5) is 4.73. The van der Waals surface area contributed by atoms with Crippen LogP contribution in [-0.4, -0.2) is 0 Å². The van der Waals surface area contributed by atoms with E-state index in [0.717, 1.165) is 67.2 Å². The number of benzene rings is 9. The Bertz CT molecular complexity index is 2990. The summed E-state index contributed by atoms with van der Waals surface area (Å²) in [5, 5.41) is 2.18. The Labute approximate surface area is 332 Å². The van der Waals surface area contributed by atoms with Crippen LogP contribution >= 0.6 is 0 Å². The topological polar surface area (TPSA) is 19.6 Å². The monoisotopic (exact) mass is 728 g/mol. The van der Waals surface area contributed by atoms with Gasteiger partial charge in [-0.25, -0.2) is 0 Å². The normalized spacial score (nSPS) is 11.8. The number of para-hydroxylation sites is 4. The lowest BCUT2D eigenvalue weighted by Crippen LogP contribution is -2.12. The summed E-state index contributed by atoms with van der Waals surface area (Å²) in [6, 6.07) is 78.0. The van der Waals surface area contributed by atoms with E-state index in [-0.39, 0.29) is 0 Å². The third kappa shape index (κ3) is 5.51. The number of nitrogens with zero attached hydrogens (tertiary/aromatic N) is 2. The fraction of sp³-hybridized carbons (Fsp3) is 0. The molecule has 0 aliphatic carbocycles. The number of fused-ring (bicyclic) bond motifs is 8. The molecule has 57 heavy (non-hydrogen) atoms. The van der Waals surface area contributed by atoms with E-state index in [1.54, 1.807) is 0 Å². The molecule has 0 radical (unpaired) electrons. The molecule has 0 spiro atoms. The van der Waals surface area contributed by atoms with Crippen molar-refractivity contribution < 1.29 is 4.42 Å². The van der Waals surface area contributed by atoms with Gasteiger partial charge in [0.1, 0.15) is 5.58 Å². The molecule has 3 heteroatoms. The molecule has 0 bridgehead atoms. The molecule has 0 atom stereocenters. The SMILES string of the molecule is c1ccc(-c2ccc(N(c3ccc(N4c5ccccc5-c5ccccc5-c5ccccc54)cc3)c3cccc4c3oc3c(-c5ccccc5)cccc34)cc2)cc1. The molecule has 268 valence electrons. The molecule has 0 saturated carbocycles. The lowest BCUT2D eigenvalue weighted by atomic mass is 9.95. The first kappa shape index (κ1) is 32.8. The summed E-state index contributed by atoms with van der Waals surface area (Å²) in [5.74, 6) is 0. The molecule has 10 aromatic rings. The van der Waals surface area contributed by atoms with Gasteiger partial charge in [-0.1, -0.05) is 164 Å². The number of furan rings is 1. The second kappa shape index (κ2) is 13.6. The predicted molar refractivity (Wildman–Crippen MR) is 238 cm³/mol. The van der Waals surface area contributed by atoms with E-state index >= 15 is 0 Å². The molecular formula is C54H36N2O. The maximum absolute atomic E-state index is 6.98. The minimum absolute atomic E-state index is 0.847. The quantitative estimate of drug-likeness (QED) is 0.170. The van der Waals surface area contributed by atoms with Crippen LogP contribution in [0.1, 0.15) is 0 Å². The van der Waals surface area contributed by atoms with E-state index < -0.39 is 0 Å². The number of rotatable bonds is 6. The van der Waals surface area contributed by atoms with Gasteiger partial charge in [0.15, 0.2) is 5.58 Å². The first-order chi connectivity index (χ1) is 28.3. The van der Waals surface area contributed by atoms with Crippen LogP contribution in [0.15, 0.2) is 223 Å². The maximum atomic E-state index is 6.98. The molecule has 0 amide bonds. The fourth-order valence-corrected chi connectivity index (χ4v) is 8.59. The van der Waals surface area contributed by atoms with Crippen molar-refractivity contribution in [1.29, 1.82) is 0 Å². The molecule has 1 aromatic heterocycles. The highest BCUT2D eigenvalue weighted by Gasteiger charge is 2.26. The van der Waals surface area contributed by atoms with Crippen LogP contribution in [0.25, 0.3) is 66.4 Å². The Hall–Kier alpha value is -7.62. The predicted octanol–water partition coefficient (Wildman–Crippen LogP) is 15.5. The van der Waals surface area contributed by atoms with Crippen molar-refractivity contribution in [2.45, 2.75) is 0 Å². The van der Waals surface area contributed by atoms with E-state index in [2.05, 4.69) is 228 Å². The molecule has 1 aliphatic rings. The second-order valence-electron chi connectivity index (χ2n) is 14.5. The van der Waals surface area contributed by atoms with E-state index in [4.69, 9.17) is 4.42 Å². The van der Waals surface area contributed by atoms with E-state index in [0.29, 0.717) is 0 Å². The first-order valence-electron chi connectivity index (χ1n) is 19.4. The van der Waals surface area contributed by atoms with Gasteiger partial charge in [0.25, 0.3) is 0 Å². The standard InChI is InChI=1S/C54H36N2O/c1-3-15-37(16-4-1)38-29-31-40(32-30-38)55(52-28-14-25-49-48-24-13-23-43(53(48)57-54(49)52)39-17-5-2-6-18-39)41-33-35-42(36-34-41)56-50-26-11-9-21-46(50)44-19-7-8-20-45(44)47-22-10-12-27-51(47)56/h1-36H. The molecule has 2 heterocycles. The van der Waals surface area contributed by atoms with Crippen LogP contribution < -0.4 is 9.80 Å². The van der Waals surface area contributed by atoms with Crippen LogP contribution in [0.2, 0.25) is 0 Å². The zero-order chi connectivity index (χ0) is 37.7. The molecule has 11 rings (SSSR count). The Morgan fingerprint density at radius 1 is 0.316 bits per heavy atom. The molecule has 0 fully saturated rings. The van der Waals surface area contributed by atoms with Crippen molar-refractivity contribution in [3.05, 3.63) is 218 Å². The third-order valence-electron chi connectivity index (χ3n) is 11.2. The average molecular weight is 729 g/mol. The molecule has 0 N–H and O–H groups in total. The summed E-state index contributed by atoms with van der Waals surface area (Å²) in [7, 11) is 0. The highest BCUT2D eigenvalue weighted by molar-refractivity contribution is 6.13. The van der Waals surface area contributed by atoms with E-state index in [9.17, 15) is 0 Å². The van der Waals surface area contributed by atoms with Gasteiger partial charge in [0.05, 0.1) is 17.1 Å². The minimum atomic E-state index is 0.847. The van der Waals surface area contributed by atoms with Gasteiger partial charge < -0.3 is 14.2 Å². The van der Waals surface area contributed by atoms with Crippen LogP contribution in [0.3, 0.4) is 0 Å². The molecule has 9 aromatic carbocycles. The van der Waals surface area contributed by atoms with Crippen molar-refractivity contribution in [2.24, 2.45) is 0 Å². The van der Waals surface area contributed by atoms with Crippen LogP contribution in [0.4, 0.5) is 34.1 Å². The summed E-state index contributed by atoms with van der Waals surface area (Å²) >= 11 is 0. The Morgan fingerprint density at radius 2 is 0.772 bits per heavy atom. The summed E-state index contributed by atoms with van der Waals surface area (Å²) in [6.45, 7) is 0. The van der Waals surface area contributed by atoms with Crippen molar-refractivity contribution in [3.63, 3.8) is 0 Å². The Morgan fingerprint density at radius 3 is 1.39 bits per heavy atom. The van der Waals surface area contributed by atoms with Crippen molar-refractivity contribution in [2.75, 3.05) is 9.80 Å². The highest BCUT2D eigenvalue weighted by atomic mass is 16.3. The lowest BCUT2D eigenvalue weighted by molar-refractivity contribution is 0.670. The average Bonchev–Trinajstić information content (AvgIpc) is 3.63. The highest BCUT2D eigenvalue weighted by Crippen LogP contribution is 2.51. The Kier molecular flexibility index (Phi) is 7.82. The van der Waals surface area contributed by atoms with Crippen LogP contribution in [-0.2, 0) is 0 Å². The van der Waals surface area contributed by atoms with Gasteiger partial charge >= 0.3 is 0 Å². The smallest absolute Gasteiger partial charge is 0.159 e. The van der Waals surface area contributed by atoms with Gasteiger partial charge in [-0.15, -0.1) is 0 Å². The van der Waals surface area contributed by atoms with Gasteiger partial charge in [-0.3, -0.25) is 0 Å². The van der Waals surface area contributed by atoms with Gasteiger partial charge in [0.2, 0.25) is 0 Å². The molecular weight excluding hydrogens is 693 g/mol. The second-order valence-corrected chi connectivity index (χ2v) is 14.5. The van der Waals surface area contributed by atoms with Crippen LogP contribution in [0, 0.1) is 0 Å². The zero-order valence-electron chi connectivity index (χ0n) is 31.1. The minimum Gasteiger partial charge on any atom is -0.453 e. The third-order valence-corrected chi connectivity index (χ3v) is 11.2. The van der Waals surface area contributed by atoms with Crippen LogP contribution in [0.5, 0.6) is 0 Å². The number of hydrogen-bond donors (Lipinski definition) is 0. The largest absolute Gasteiger partial charge is 0.453 e. The van der Waals surface area contributed by atoms with Crippen molar-refractivity contribution >= 4 is 56.1 Å². The fourth-order valence-electron chi connectivity index (χ4n) is 8.59. The van der Waals surface area contributed by atoms with Crippen molar-refractivity contribution in [1.82, 2.24) is 0 Å². The van der Waals surface area contributed by atoms with Gasteiger partial charge in [-0.2, -0.15) is 0 Å². The molecule has 1 aliphatic heterocycles. The lowest BCUT2D eigenvalue weighted by Gasteiger charge is -2.29. The van der Waals surface area contributed by atoms with E-state index in [1.807, 2.05) is 0 Å². The first-order valence-corrected chi connectivity index (χ1v) is 19.4. The summed E-state index contributed by atoms with van der Waals surface area (Å²) in [5.41, 5.74) is 17.6. The van der Waals surface area contributed by atoms with Crippen molar-refractivity contribution in [3.8, 4) is 44.5 Å². The molecule has 3 nitrogen and oxygen atoms in total. The summed E-state index contributed by atoms with van der Waals surface area (Å²) in [6.07, 6.45) is 0. The zero-order valence-corrected chi connectivity index (χ0v) is 31.1. The van der Waals surface area contributed by atoms with Gasteiger partial charge in [0, 0.05) is 44.5 Å². The molecule has 0 unspecified atom stereocenters. The Balaban J connectivity index is 1.08. The molecule has 0 saturated heterocycles. The number of anilines is 6. The van der Waals surface area contributed by atoms with Gasteiger partial charge in [-0.05, 0) is 82.4 Å².